The van der Waals surface area contributed by atoms with Crippen LogP contribution < -0.4 is 11.2 Å². The quantitative estimate of drug-likeness (QED) is 0.500. The number of nitrogens with zero attached hydrogens (tertiary/aromatic N) is 2. The molecule has 1 saturated heterocycles. The van der Waals surface area contributed by atoms with Crippen LogP contribution in [0, 0.1) is 6.92 Å². The molecule has 0 amide bonds. The standard InChI is InChI=1S/C11H18N3O6P/c1-7-3-14(11(17)12-10(7)16)8-2-9(5-15)13(4-8)6-21(18,19)20/h3,8-9,15H,2,4-6H2,1H3,(H,12,16,17)(H2,18,19,20)/t8-,9+/m1/s1. The van der Waals surface area contributed by atoms with E-state index in [-0.39, 0.29) is 19.2 Å². The number of likely N-dealkylation sites (tertiary alicyclic amines) is 1. The van der Waals surface area contributed by atoms with Crippen LogP contribution in [0.4, 0.5) is 0 Å². The lowest BCUT2D eigenvalue weighted by Gasteiger charge is -2.22. The highest BCUT2D eigenvalue weighted by atomic mass is 31.2. The zero-order valence-electron chi connectivity index (χ0n) is 11.5. The molecule has 0 saturated carbocycles. The van der Waals surface area contributed by atoms with Crippen LogP contribution >= 0.6 is 7.60 Å². The predicted octanol–water partition coefficient (Wildman–Crippen LogP) is -1.41. The van der Waals surface area contributed by atoms with Gasteiger partial charge in [0.2, 0.25) is 0 Å². The number of aliphatic hydroxyl groups excluding tert-OH is 1. The van der Waals surface area contributed by atoms with E-state index in [1.807, 2.05) is 0 Å². The molecule has 0 radical (unpaired) electrons. The number of rotatable bonds is 4. The molecule has 10 heteroatoms. The Bertz CT molecular complexity index is 677. The molecular formula is C11H18N3O6P. The topological polar surface area (TPSA) is 136 Å². The zero-order chi connectivity index (χ0) is 15.8. The Morgan fingerprint density at radius 2 is 2.10 bits per heavy atom. The number of aryl methyl sites for hydroxylation is 1. The summed E-state index contributed by atoms with van der Waals surface area (Å²) in [5.74, 6) is 0. The Morgan fingerprint density at radius 3 is 2.67 bits per heavy atom. The van der Waals surface area contributed by atoms with Crippen molar-refractivity contribution in [1.82, 2.24) is 14.5 Å². The number of aromatic amines is 1. The molecule has 1 aliphatic heterocycles. The molecule has 21 heavy (non-hydrogen) atoms. The summed E-state index contributed by atoms with van der Waals surface area (Å²) in [6, 6.07) is -0.779. The molecule has 2 rings (SSSR count). The maximum atomic E-state index is 11.8. The summed E-state index contributed by atoms with van der Waals surface area (Å²) in [5, 5.41) is 9.33. The van der Waals surface area contributed by atoms with E-state index in [1.165, 1.54) is 15.7 Å². The smallest absolute Gasteiger partial charge is 0.339 e. The van der Waals surface area contributed by atoms with Gasteiger partial charge in [0, 0.05) is 24.3 Å². The number of hydrogen-bond acceptors (Lipinski definition) is 5. The number of aliphatic hydroxyl groups is 1. The van der Waals surface area contributed by atoms with Crippen LogP contribution in [0.3, 0.4) is 0 Å². The van der Waals surface area contributed by atoms with E-state index in [0.29, 0.717) is 12.0 Å². The third kappa shape index (κ3) is 3.69. The first-order valence-electron chi connectivity index (χ1n) is 6.43. The Balaban J connectivity index is 2.27. The second-order valence-corrected chi connectivity index (χ2v) is 6.89. The lowest BCUT2D eigenvalue weighted by atomic mass is 10.2. The molecule has 0 aromatic carbocycles. The van der Waals surface area contributed by atoms with Crippen LogP contribution in [-0.2, 0) is 4.57 Å². The van der Waals surface area contributed by atoms with E-state index in [4.69, 9.17) is 9.79 Å². The Labute approximate surface area is 120 Å². The van der Waals surface area contributed by atoms with Gasteiger partial charge in [-0.2, -0.15) is 0 Å². The molecule has 2 heterocycles. The lowest BCUT2D eigenvalue weighted by molar-refractivity contribution is 0.168. The fourth-order valence-electron chi connectivity index (χ4n) is 2.62. The van der Waals surface area contributed by atoms with Gasteiger partial charge in [-0.1, -0.05) is 0 Å². The van der Waals surface area contributed by atoms with Crippen molar-refractivity contribution >= 4 is 7.60 Å². The SMILES string of the molecule is Cc1cn([C@@H]2C[C@@H](CO)N(CP(=O)(O)O)C2)c(=O)[nH]c1=O. The summed E-state index contributed by atoms with van der Waals surface area (Å²) in [4.78, 5) is 45.0. The molecule has 4 N–H and O–H groups in total. The van der Waals surface area contributed by atoms with Gasteiger partial charge in [-0.15, -0.1) is 0 Å². The fourth-order valence-corrected chi connectivity index (χ4v) is 3.44. The summed E-state index contributed by atoms with van der Waals surface area (Å²) in [6.45, 7) is 1.54. The summed E-state index contributed by atoms with van der Waals surface area (Å²) in [6.07, 6.45) is 1.34. The molecule has 118 valence electrons. The van der Waals surface area contributed by atoms with Crippen LogP contribution in [-0.4, -0.2) is 54.8 Å². The highest BCUT2D eigenvalue weighted by Crippen LogP contribution is 2.39. The minimum atomic E-state index is -4.24. The Hall–Kier alpha value is -1.25. The van der Waals surface area contributed by atoms with Gasteiger partial charge in [-0.05, 0) is 13.3 Å². The van der Waals surface area contributed by atoms with Gasteiger partial charge in [0.05, 0.1) is 12.6 Å². The van der Waals surface area contributed by atoms with E-state index in [9.17, 15) is 19.3 Å². The average molecular weight is 319 g/mol. The second kappa shape index (κ2) is 5.86. The highest BCUT2D eigenvalue weighted by molar-refractivity contribution is 7.51. The van der Waals surface area contributed by atoms with E-state index >= 15 is 0 Å². The van der Waals surface area contributed by atoms with E-state index in [1.54, 1.807) is 6.92 Å². The molecular weight excluding hydrogens is 301 g/mol. The maximum absolute atomic E-state index is 11.8. The van der Waals surface area contributed by atoms with Crippen LogP contribution in [0.1, 0.15) is 18.0 Å². The lowest BCUT2D eigenvalue weighted by Crippen LogP contribution is -2.35. The number of nitrogens with one attached hydrogen (secondary N) is 1. The molecule has 1 aliphatic rings. The molecule has 1 aromatic rings. The van der Waals surface area contributed by atoms with Crippen LogP contribution in [0.15, 0.2) is 15.8 Å². The van der Waals surface area contributed by atoms with Crippen molar-refractivity contribution in [3.05, 3.63) is 32.6 Å². The molecule has 2 atom stereocenters. The van der Waals surface area contributed by atoms with Crippen LogP contribution in [0.2, 0.25) is 0 Å². The average Bonchev–Trinajstić information content (AvgIpc) is 2.74. The van der Waals surface area contributed by atoms with Gasteiger partial charge in [-0.3, -0.25) is 23.8 Å². The molecule has 0 spiro atoms. The molecule has 0 bridgehead atoms. The molecule has 0 aliphatic carbocycles. The molecule has 0 unspecified atom stereocenters. The second-order valence-electron chi connectivity index (χ2n) is 5.28. The van der Waals surface area contributed by atoms with Crippen molar-refractivity contribution in [3.8, 4) is 0 Å². The fraction of sp³-hybridized carbons (Fsp3) is 0.636. The minimum absolute atomic E-state index is 0.224. The number of H-pyrrole nitrogens is 1. The van der Waals surface area contributed by atoms with E-state index < -0.39 is 31.2 Å². The first kappa shape index (κ1) is 16.1. The molecule has 1 fully saturated rings. The van der Waals surface area contributed by atoms with Gasteiger partial charge in [0.1, 0.15) is 6.29 Å². The van der Waals surface area contributed by atoms with E-state index in [0.717, 1.165) is 0 Å². The van der Waals surface area contributed by atoms with Crippen molar-refractivity contribution in [2.24, 2.45) is 0 Å². The van der Waals surface area contributed by atoms with Crippen molar-refractivity contribution in [1.29, 1.82) is 0 Å². The van der Waals surface area contributed by atoms with Crippen molar-refractivity contribution in [3.63, 3.8) is 0 Å². The van der Waals surface area contributed by atoms with Crippen molar-refractivity contribution < 1.29 is 19.5 Å². The third-order valence-corrected chi connectivity index (χ3v) is 4.35. The molecule has 9 nitrogen and oxygen atoms in total. The van der Waals surface area contributed by atoms with Gasteiger partial charge < -0.3 is 14.9 Å². The first-order valence-corrected chi connectivity index (χ1v) is 8.22. The summed E-state index contributed by atoms with van der Waals surface area (Å²) >= 11 is 0. The van der Waals surface area contributed by atoms with Gasteiger partial charge in [0.25, 0.3) is 5.56 Å². The van der Waals surface area contributed by atoms with Crippen LogP contribution in [0.5, 0.6) is 0 Å². The van der Waals surface area contributed by atoms with Gasteiger partial charge in [0.15, 0.2) is 0 Å². The highest BCUT2D eigenvalue weighted by Gasteiger charge is 2.36. The maximum Gasteiger partial charge on any atom is 0.339 e. The van der Waals surface area contributed by atoms with E-state index in [2.05, 4.69) is 4.98 Å². The molecule has 1 aromatic heterocycles. The Morgan fingerprint density at radius 1 is 1.43 bits per heavy atom. The Kier molecular flexibility index (Phi) is 4.50. The first-order chi connectivity index (χ1) is 9.71. The largest absolute Gasteiger partial charge is 0.395 e. The summed E-state index contributed by atoms with van der Waals surface area (Å²) in [5.41, 5.74) is -0.645. The summed E-state index contributed by atoms with van der Waals surface area (Å²) < 4.78 is 12.5. The normalized spacial score (nSPS) is 23.6. The monoisotopic (exact) mass is 319 g/mol. The van der Waals surface area contributed by atoms with Gasteiger partial charge in [-0.25, -0.2) is 4.79 Å². The minimum Gasteiger partial charge on any atom is -0.395 e. The third-order valence-electron chi connectivity index (χ3n) is 3.62. The number of hydrogen-bond donors (Lipinski definition) is 4. The van der Waals surface area contributed by atoms with Crippen molar-refractivity contribution in [2.45, 2.75) is 25.4 Å². The zero-order valence-corrected chi connectivity index (χ0v) is 12.4. The number of aromatic nitrogens is 2. The van der Waals surface area contributed by atoms with Crippen molar-refractivity contribution in [2.75, 3.05) is 19.4 Å². The summed E-state index contributed by atoms with van der Waals surface area (Å²) in [7, 11) is -4.24. The predicted molar refractivity (Wildman–Crippen MR) is 74.2 cm³/mol. The van der Waals surface area contributed by atoms with Gasteiger partial charge >= 0.3 is 13.3 Å². The van der Waals surface area contributed by atoms with Crippen LogP contribution in [0.25, 0.3) is 0 Å².